The predicted molar refractivity (Wildman–Crippen MR) is 76.8 cm³/mol. The molecule has 3 heteroatoms. The summed E-state index contributed by atoms with van der Waals surface area (Å²) in [4.78, 5) is 6.88. The highest BCUT2D eigenvalue weighted by molar-refractivity contribution is 5.93. The number of nitrogen functional groups attached to an aromatic ring is 1. The minimum Gasteiger partial charge on any atom is -0.399 e. The van der Waals surface area contributed by atoms with Crippen molar-refractivity contribution < 1.29 is 0 Å². The van der Waals surface area contributed by atoms with Gasteiger partial charge < -0.3 is 10.6 Å². The smallest absolute Gasteiger partial charge is 0.0743 e. The van der Waals surface area contributed by atoms with Crippen LogP contribution in [0.25, 0.3) is 10.9 Å². The number of pyridine rings is 1. The van der Waals surface area contributed by atoms with Crippen molar-refractivity contribution in [2.45, 2.75) is 19.8 Å². The molecule has 1 aromatic heterocycles. The number of fused-ring (bicyclic) bond motifs is 1. The van der Waals surface area contributed by atoms with Gasteiger partial charge in [-0.1, -0.05) is 6.92 Å². The summed E-state index contributed by atoms with van der Waals surface area (Å²) in [6.45, 7) is 4.62. The number of hydrogen-bond donors (Lipinski definition) is 1. The van der Waals surface area contributed by atoms with Crippen molar-refractivity contribution in [3.8, 4) is 0 Å². The van der Waals surface area contributed by atoms with Gasteiger partial charge in [0.15, 0.2) is 0 Å². The highest BCUT2D eigenvalue weighted by Gasteiger charge is 2.17. The maximum Gasteiger partial charge on any atom is 0.0743 e. The third-order valence-corrected chi connectivity index (χ3v) is 3.87. The van der Waals surface area contributed by atoms with Gasteiger partial charge in [0.05, 0.1) is 5.52 Å². The molecule has 1 aliphatic rings. The summed E-state index contributed by atoms with van der Waals surface area (Å²) in [6.07, 6.45) is 4.44. The fourth-order valence-corrected chi connectivity index (χ4v) is 2.68. The van der Waals surface area contributed by atoms with E-state index in [1.54, 1.807) is 0 Å². The van der Waals surface area contributed by atoms with Crippen LogP contribution in [-0.2, 0) is 0 Å². The Morgan fingerprint density at radius 1 is 1.22 bits per heavy atom. The molecule has 1 saturated heterocycles. The zero-order valence-corrected chi connectivity index (χ0v) is 10.8. The second-order valence-corrected chi connectivity index (χ2v) is 5.28. The van der Waals surface area contributed by atoms with Crippen molar-refractivity contribution in [2.75, 3.05) is 23.7 Å². The Balaban J connectivity index is 2.01. The topological polar surface area (TPSA) is 42.2 Å². The summed E-state index contributed by atoms with van der Waals surface area (Å²) in [5, 5.41) is 1.21. The van der Waals surface area contributed by atoms with E-state index in [0.29, 0.717) is 0 Å². The average molecular weight is 241 g/mol. The van der Waals surface area contributed by atoms with Crippen molar-refractivity contribution in [3.05, 3.63) is 30.5 Å². The van der Waals surface area contributed by atoms with Crippen LogP contribution < -0.4 is 10.6 Å². The van der Waals surface area contributed by atoms with Gasteiger partial charge in [0.25, 0.3) is 0 Å². The first-order chi connectivity index (χ1) is 8.74. The molecule has 18 heavy (non-hydrogen) atoms. The van der Waals surface area contributed by atoms with E-state index in [1.165, 1.54) is 23.9 Å². The number of aromatic nitrogens is 1. The van der Waals surface area contributed by atoms with Crippen LogP contribution in [0, 0.1) is 5.92 Å². The van der Waals surface area contributed by atoms with Crippen molar-refractivity contribution in [1.82, 2.24) is 4.98 Å². The molecular weight excluding hydrogens is 222 g/mol. The zero-order chi connectivity index (χ0) is 12.5. The molecule has 0 amide bonds. The Morgan fingerprint density at radius 3 is 2.78 bits per heavy atom. The lowest BCUT2D eigenvalue weighted by molar-refractivity contribution is 0.439. The van der Waals surface area contributed by atoms with E-state index in [1.807, 2.05) is 18.3 Å². The van der Waals surface area contributed by atoms with Crippen LogP contribution in [0.3, 0.4) is 0 Å². The van der Waals surface area contributed by atoms with Gasteiger partial charge in [-0.05, 0) is 43.0 Å². The number of benzene rings is 1. The molecule has 0 spiro atoms. The zero-order valence-electron chi connectivity index (χ0n) is 10.8. The molecule has 2 aromatic rings. The molecular formula is C15H19N3. The highest BCUT2D eigenvalue weighted by atomic mass is 15.1. The summed E-state index contributed by atoms with van der Waals surface area (Å²) in [6, 6.07) is 8.12. The first kappa shape index (κ1) is 11.3. The third kappa shape index (κ3) is 2.01. The lowest BCUT2D eigenvalue weighted by atomic mass is 9.98. The molecule has 2 heterocycles. The molecule has 2 N–H and O–H groups in total. The van der Waals surface area contributed by atoms with Crippen molar-refractivity contribution >= 4 is 22.3 Å². The van der Waals surface area contributed by atoms with Gasteiger partial charge in [0.1, 0.15) is 0 Å². The van der Waals surface area contributed by atoms with Crippen molar-refractivity contribution in [2.24, 2.45) is 5.92 Å². The van der Waals surface area contributed by atoms with Gasteiger partial charge in [-0.25, -0.2) is 0 Å². The molecule has 1 fully saturated rings. The lowest BCUT2D eigenvalue weighted by Gasteiger charge is -2.32. The largest absolute Gasteiger partial charge is 0.399 e. The SMILES string of the molecule is CC1CCN(c2ccnc3cc(N)ccc23)CC1. The van der Waals surface area contributed by atoms with Gasteiger partial charge in [0.2, 0.25) is 0 Å². The number of rotatable bonds is 1. The quantitative estimate of drug-likeness (QED) is 0.780. The van der Waals surface area contributed by atoms with E-state index >= 15 is 0 Å². The monoisotopic (exact) mass is 241 g/mol. The van der Waals surface area contributed by atoms with Gasteiger partial charge >= 0.3 is 0 Å². The molecule has 1 aromatic carbocycles. The standard InChI is InChI=1S/C15H19N3/c1-11-5-8-18(9-6-11)15-4-7-17-14-10-12(16)2-3-13(14)15/h2-4,7,10-11H,5-6,8-9,16H2,1H3. The summed E-state index contributed by atoms with van der Waals surface area (Å²) in [7, 11) is 0. The Bertz CT molecular complexity index is 557. The molecule has 0 saturated carbocycles. The molecule has 0 atom stereocenters. The maximum absolute atomic E-state index is 5.82. The van der Waals surface area contributed by atoms with Gasteiger partial charge in [-0.2, -0.15) is 0 Å². The Hall–Kier alpha value is -1.77. The number of nitrogens with two attached hydrogens (primary N) is 1. The van der Waals surface area contributed by atoms with Crippen molar-refractivity contribution in [3.63, 3.8) is 0 Å². The fourth-order valence-electron chi connectivity index (χ4n) is 2.68. The summed E-state index contributed by atoms with van der Waals surface area (Å²) < 4.78 is 0. The van der Waals surface area contributed by atoms with E-state index in [2.05, 4.69) is 28.9 Å². The minimum atomic E-state index is 0.777. The fraction of sp³-hybridized carbons (Fsp3) is 0.400. The second-order valence-electron chi connectivity index (χ2n) is 5.28. The second kappa shape index (κ2) is 4.48. The maximum atomic E-state index is 5.82. The van der Waals surface area contributed by atoms with E-state index in [-0.39, 0.29) is 0 Å². The summed E-state index contributed by atoms with van der Waals surface area (Å²) in [5.74, 6) is 0.852. The minimum absolute atomic E-state index is 0.777. The summed E-state index contributed by atoms with van der Waals surface area (Å²) in [5.41, 5.74) is 8.88. The Morgan fingerprint density at radius 2 is 2.00 bits per heavy atom. The van der Waals surface area contributed by atoms with Crippen LogP contribution in [0.1, 0.15) is 19.8 Å². The normalized spacial score (nSPS) is 17.3. The number of anilines is 2. The Kier molecular flexibility index (Phi) is 2.82. The molecule has 0 bridgehead atoms. The summed E-state index contributed by atoms with van der Waals surface area (Å²) >= 11 is 0. The molecule has 1 aliphatic heterocycles. The van der Waals surface area contributed by atoms with Crippen LogP contribution in [0.5, 0.6) is 0 Å². The molecule has 0 aliphatic carbocycles. The van der Waals surface area contributed by atoms with Crippen LogP contribution in [0.2, 0.25) is 0 Å². The highest BCUT2D eigenvalue weighted by Crippen LogP contribution is 2.29. The first-order valence-corrected chi connectivity index (χ1v) is 6.63. The molecule has 94 valence electrons. The first-order valence-electron chi connectivity index (χ1n) is 6.63. The predicted octanol–water partition coefficient (Wildman–Crippen LogP) is 3.05. The Labute approximate surface area is 108 Å². The van der Waals surface area contributed by atoms with Crippen LogP contribution in [-0.4, -0.2) is 18.1 Å². The van der Waals surface area contributed by atoms with Crippen LogP contribution >= 0.6 is 0 Å². The number of hydrogen-bond acceptors (Lipinski definition) is 3. The average Bonchev–Trinajstić information content (AvgIpc) is 2.38. The van der Waals surface area contributed by atoms with E-state index in [0.717, 1.165) is 30.2 Å². The van der Waals surface area contributed by atoms with Gasteiger partial charge in [0, 0.05) is 36.0 Å². The van der Waals surface area contributed by atoms with E-state index in [4.69, 9.17) is 5.73 Å². The van der Waals surface area contributed by atoms with Crippen molar-refractivity contribution in [1.29, 1.82) is 0 Å². The molecule has 0 radical (unpaired) electrons. The number of nitrogens with zero attached hydrogens (tertiary/aromatic N) is 2. The van der Waals surface area contributed by atoms with Crippen LogP contribution in [0.4, 0.5) is 11.4 Å². The molecule has 3 nitrogen and oxygen atoms in total. The van der Waals surface area contributed by atoms with E-state index in [9.17, 15) is 0 Å². The molecule has 0 unspecified atom stereocenters. The molecule has 3 rings (SSSR count). The van der Waals surface area contributed by atoms with Gasteiger partial charge in [-0.3, -0.25) is 4.98 Å². The van der Waals surface area contributed by atoms with E-state index < -0.39 is 0 Å². The van der Waals surface area contributed by atoms with Crippen LogP contribution in [0.15, 0.2) is 30.5 Å². The van der Waals surface area contributed by atoms with Gasteiger partial charge in [-0.15, -0.1) is 0 Å². The number of piperidine rings is 1. The third-order valence-electron chi connectivity index (χ3n) is 3.87. The lowest BCUT2D eigenvalue weighted by Crippen LogP contribution is -2.32.